The number of aryl methyl sites for hydroxylation is 1. The molecule has 1 aromatic carbocycles. The van der Waals surface area contributed by atoms with Crippen LogP contribution in [0.15, 0.2) is 52.7 Å². The summed E-state index contributed by atoms with van der Waals surface area (Å²) in [6, 6.07) is 9.51. The number of pyridine rings is 1. The quantitative estimate of drug-likeness (QED) is 0.274. The van der Waals surface area contributed by atoms with Gasteiger partial charge in [-0.3, -0.25) is 14.3 Å². The predicted molar refractivity (Wildman–Crippen MR) is 114 cm³/mol. The van der Waals surface area contributed by atoms with E-state index in [0.29, 0.717) is 30.2 Å². The molecule has 0 fully saturated rings. The maximum Gasteiger partial charge on any atom is 0.271 e. The number of rotatable bonds is 4. The monoisotopic (exact) mass is 432 g/mol. The molecule has 1 N–H and O–H groups in total. The maximum absolute atomic E-state index is 12.5. The smallest absolute Gasteiger partial charge is 0.271 e. The Morgan fingerprint density at radius 2 is 2.22 bits per heavy atom. The van der Waals surface area contributed by atoms with E-state index < -0.39 is 0 Å². The van der Waals surface area contributed by atoms with Gasteiger partial charge in [0.25, 0.3) is 5.56 Å². The number of nitrogens with zero attached hydrogens (tertiary/aromatic N) is 3. The normalized spacial score (nSPS) is 11.2. The van der Waals surface area contributed by atoms with Gasteiger partial charge in [0.15, 0.2) is 14.8 Å². The molecule has 136 valence electrons. The van der Waals surface area contributed by atoms with E-state index in [1.54, 1.807) is 12.4 Å². The van der Waals surface area contributed by atoms with Gasteiger partial charge in [0.2, 0.25) is 0 Å². The zero-order chi connectivity index (χ0) is 19.0. The highest BCUT2D eigenvalue weighted by molar-refractivity contribution is 7.98. The fourth-order valence-electron chi connectivity index (χ4n) is 2.59. The Kier molecular flexibility index (Phi) is 5.14. The number of hydrogen-bond donors (Lipinski definition) is 1. The highest BCUT2D eigenvalue weighted by Crippen LogP contribution is 2.27. The van der Waals surface area contributed by atoms with E-state index in [-0.39, 0.29) is 5.56 Å². The van der Waals surface area contributed by atoms with Crippen molar-refractivity contribution < 1.29 is 0 Å². The average Bonchev–Trinajstić information content (AvgIpc) is 3.00. The molecule has 0 bridgehead atoms. The number of thioether (sulfide) groups is 1. The van der Waals surface area contributed by atoms with Crippen molar-refractivity contribution in [2.75, 3.05) is 0 Å². The molecule has 3 heterocycles. The second kappa shape index (κ2) is 7.55. The van der Waals surface area contributed by atoms with Crippen molar-refractivity contribution in [2.45, 2.75) is 17.8 Å². The van der Waals surface area contributed by atoms with Crippen molar-refractivity contribution in [1.29, 1.82) is 0 Å². The number of nitrogens with one attached hydrogen (secondary N) is 1. The molecule has 0 amide bonds. The zero-order valence-corrected chi connectivity index (χ0v) is 17.3. The van der Waals surface area contributed by atoms with Crippen molar-refractivity contribution in [3.05, 3.63) is 73.2 Å². The van der Waals surface area contributed by atoms with Gasteiger partial charge in [-0.1, -0.05) is 40.8 Å². The van der Waals surface area contributed by atoms with Crippen LogP contribution in [-0.4, -0.2) is 19.5 Å². The lowest BCUT2D eigenvalue weighted by molar-refractivity contribution is 0.942. The van der Waals surface area contributed by atoms with E-state index in [4.69, 9.17) is 23.8 Å². The van der Waals surface area contributed by atoms with E-state index in [2.05, 4.69) is 15.0 Å². The molecule has 9 heteroatoms. The fraction of sp³-hybridized carbons (Fsp3) is 0.111. The number of aromatic amines is 1. The molecule has 4 rings (SSSR count). The van der Waals surface area contributed by atoms with Crippen LogP contribution >= 0.6 is 46.9 Å². The molecule has 0 aliphatic rings. The van der Waals surface area contributed by atoms with Gasteiger partial charge in [0.1, 0.15) is 4.70 Å². The van der Waals surface area contributed by atoms with Gasteiger partial charge >= 0.3 is 0 Å². The van der Waals surface area contributed by atoms with Crippen molar-refractivity contribution >= 4 is 57.3 Å². The van der Waals surface area contributed by atoms with Crippen LogP contribution in [0.4, 0.5) is 0 Å². The average molecular weight is 433 g/mol. The number of halogens is 1. The number of hydrogen-bond acceptors (Lipinski definition) is 6. The summed E-state index contributed by atoms with van der Waals surface area (Å²) in [5.74, 6) is 0.660. The minimum absolute atomic E-state index is 0.186. The third kappa shape index (κ3) is 3.70. The first-order valence-electron chi connectivity index (χ1n) is 7.97. The van der Waals surface area contributed by atoms with Crippen molar-refractivity contribution in [3.63, 3.8) is 0 Å². The van der Waals surface area contributed by atoms with Crippen LogP contribution in [0.25, 0.3) is 16.0 Å². The Morgan fingerprint density at radius 1 is 1.37 bits per heavy atom. The minimum Gasteiger partial charge on any atom is -0.300 e. The van der Waals surface area contributed by atoms with Crippen LogP contribution in [-0.2, 0) is 5.75 Å². The van der Waals surface area contributed by atoms with E-state index in [1.165, 1.54) is 23.1 Å². The Morgan fingerprint density at radius 3 is 2.96 bits per heavy atom. The van der Waals surface area contributed by atoms with E-state index in [0.717, 1.165) is 16.8 Å². The van der Waals surface area contributed by atoms with Crippen molar-refractivity contribution in [1.82, 2.24) is 19.5 Å². The molecule has 27 heavy (non-hydrogen) atoms. The molecule has 0 spiro atoms. The Hall–Kier alpha value is -2.00. The summed E-state index contributed by atoms with van der Waals surface area (Å²) in [6.45, 7) is 1.93. The largest absolute Gasteiger partial charge is 0.300 e. The van der Waals surface area contributed by atoms with Gasteiger partial charge < -0.3 is 4.98 Å². The van der Waals surface area contributed by atoms with Gasteiger partial charge in [-0.2, -0.15) is 0 Å². The summed E-state index contributed by atoms with van der Waals surface area (Å²) in [5.41, 5.74) is 3.21. The number of thiazole rings is 1. The highest BCUT2D eigenvalue weighted by Gasteiger charge is 2.14. The molecule has 0 unspecified atom stereocenters. The van der Waals surface area contributed by atoms with Crippen molar-refractivity contribution in [2.24, 2.45) is 0 Å². The highest BCUT2D eigenvalue weighted by atomic mass is 35.5. The summed E-state index contributed by atoms with van der Waals surface area (Å²) in [5, 5.41) is 1.23. The van der Waals surface area contributed by atoms with Crippen LogP contribution < -0.4 is 5.56 Å². The fourth-order valence-corrected chi connectivity index (χ4v) is 4.77. The minimum atomic E-state index is -0.186. The lowest BCUT2D eigenvalue weighted by atomic mass is 10.2. The van der Waals surface area contributed by atoms with Crippen LogP contribution in [0.5, 0.6) is 0 Å². The Bertz CT molecular complexity index is 1250. The lowest BCUT2D eigenvalue weighted by Crippen LogP contribution is -2.09. The first-order valence-corrected chi connectivity index (χ1v) is 10.6. The van der Waals surface area contributed by atoms with Gasteiger partial charge in [0.05, 0.1) is 0 Å². The summed E-state index contributed by atoms with van der Waals surface area (Å²) in [7, 11) is 0. The van der Waals surface area contributed by atoms with E-state index in [9.17, 15) is 4.79 Å². The number of H-pyrrole nitrogens is 1. The zero-order valence-electron chi connectivity index (χ0n) is 14.1. The first kappa shape index (κ1) is 18.4. The van der Waals surface area contributed by atoms with Crippen LogP contribution in [0.1, 0.15) is 11.1 Å². The summed E-state index contributed by atoms with van der Waals surface area (Å²) in [6.07, 6.45) is 3.53. The molecule has 0 aliphatic heterocycles. The summed E-state index contributed by atoms with van der Waals surface area (Å²) in [4.78, 5) is 24.1. The SMILES string of the molecule is Cc1cc(-n2c(=S)sc3c(=O)[nH]c(SCc4cccnc4)nc32)ccc1Cl. The van der Waals surface area contributed by atoms with E-state index in [1.807, 2.05) is 41.8 Å². The first-order chi connectivity index (χ1) is 13.0. The predicted octanol–water partition coefficient (Wildman–Crippen LogP) is 5.15. The second-order valence-electron chi connectivity index (χ2n) is 5.81. The maximum atomic E-state index is 12.5. The number of aromatic nitrogens is 4. The molecule has 3 aromatic heterocycles. The van der Waals surface area contributed by atoms with Gasteiger partial charge in [-0.05, 0) is 54.5 Å². The Labute approximate surface area is 173 Å². The molecular formula is C18H13ClN4OS3. The molecular weight excluding hydrogens is 420 g/mol. The molecule has 0 saturated carbocycles. The van der Waals surface area contributed by atoms with Gasteiger partial charge in [-0.25, -0.2) is 4.98 Å². The van der Waals surface area contributed by atoms with Crippen LogP contribution in [0.3, 0.4) is 0 Å². The third-order valence-corrected chi connectivity index (χ3v) is 6.65. The molecule has 0 aliphatic carbocycles. The summed E-state index contributed by atoms with van der Waals surface area (Å²) >= 11 is 14.3. The third-order valence-electron chi connectivity index (χ3n) is 3.92. The van der Waals surface area contributed by atoms with Crippen LogP contribution in [0.2, 0.25) is 5.02 Å². The number of benzene rings is 1. The van der Waals surface area contributed by atoms with E-state index >= 15 is 0 Å². The summed E-state index contributed by atoms with van der Waals surface area (Å²) < 4.78 is 2.90. The molecule has 0 atom stereocenters. The standard InChI is InChI=1S/C18H13ClN4OS3/c1-10-7-12(4-5-13(10)19)23-15-14(27-18(23)25)16(24)22-17(21-15)26-9-11-3-2-6-20-8-11/h2-8H,9H2,1H3,(H,21,22,24). The Balaban J connectivity index is 1.79. The molecule has 4 aromatic rings. The molecule has 0 saturated heterocycles. The topological polar surface area (TPSA) is 63.6 Å². The molecule has 0 radical (unpaired) electrons. The lowest BCUT2D eigenvalue weighted by Gasteiger charge is -2.07. The second-order valence-corrected chi connectivity index (χ2v) is 8.83. The van der Waals surface area contributed by atoms with Crippen molar-refractivity contribution in [3.8, 4) is 5.69 Å². The van der Waals surface area contributed by atoms with Gasteiger partial charge in [-0.15, -0.1) is 0 Å². The number of fused-ring (bicyclic) bond motifs is 1. The van der Waals surface area contributed by atoms with Gasteiger partial charge in [0, 0.05) is 28.9 Å². The molecule has 5 nitrogen and oxygen atoms in total. The van der Waals surface area contributed by atoms with Crippen LogP contribution in [0, 0.1) is 10.9 Å².